The molecule has 1 heterocycles. The van der Waals surface area contributed by atoms with Crippen molar-refractivity contribution in [3.63, 3.8) is 0 Å². The number of aryl methyl sites for hydroxylation is 1. The molecule has 0 radical (unpaired) electrons. The molecule has 0 aliphatic carbocycles. The van der Waals surface area contributed by atoms with Crippen LogP contribution in [0.4, 0.5) is 0 Å². The Morgan fingerprint density at radius 2 is 2.19 bits per heavy atom. The molecule has 2 heteroatoms. The summed E-state index contributed by atoms with van der Waals surface area (Å²) in [6.07, 6.45) is 2.64. The van der Waals surface area contributed by atoms with Crippen LogP contribution in [0.25, 0.3) is 0 Å². The van der Waals surface area contributed by atoms with Crippen molar-refractivity contribution in [1.82, 2.24) is 4.90 Å². The van der Waals surface area contributed by atoms with Gasteiger partial charge in [0, 0.05) is 18.6 Å². The minimum atomic E-state index is 0.154. The van der Waals surface area contributed by atoms with Crippen molar-refractivity contribution in [3.05, 3.63) is 35.4 Å². The SMILES string of the molecule is Cc1ccccc1C(N)CN1CCCC1C. The molecule has 0 bridgehead atoms. The molecular formula is C14H22N2. The highest BCUT2D eigenvalue weighted by Crippen LogP contribution is 2.21. The summed E-state index contributed by atoms with van der Waals surface area (Å²) in [4.78, 5) is 2.51. The zero-order valence-corrected chi connectivity index (χ0v) is 10.3. The Morgan fingerprint density at radius 3 is 2.81 bits per heavy atom. The van der Waals surface area contributed by atoms with E-state index in [9.17, 15) is 0 Å². The second kappa shape index (κ2) is 4.98. The van der Waals surface area contributed by atoms with Crippen LogP contribution in [-0.2, 0) is 0 Å². The summed E-state index contributed by atoms with van der Waals surface area (Å²) in [6.45, 7) is 6.65. The molecule has 1 aromatic carbocycles. The Morgan fingerprint density at radius 1 is 1.44 bits per heavy atom. The van der Waals surface area contributed by atoms with E-state index < -0.39 is 0 Å². The lowest BCUT2D eigenvalue weighted by Crippen LogP contribution is -2.34. The van der Waals surface area contributed by atoms with Crippen molar-refractivity contribution in [2.75, 3.05) is 13.1 Å². The van der Waals surface area contributed by atoms with E-state index in [1.807, 2.05) is 0 Å². The first-order valence-corrected chi connectivity index (χ1v) is 6.23. The lowest BCUT2D eigenvalue weighted by Gasteiger charge is -2.25. The van der Waals surface area contributed by atoms with Crippen LogP contribution in [-0.4, -0.2) is 24.0 Å². The largest absolute Gasteiger partial charge is 0.323 e. The zero-order valence-electron chi connectivity index (χ0n) is 10.3. The third-order valence-electron chi connectivity index (χ3n) is 3.71. The van der Waals surface area contributed by atoms with Gasteiger partial charge in [0.25, 0.3) is 0 Å². The summed E-state index contributed by atoms with van der Waals surface area (Å²) >= 11 is 0. The van der Waals surface area contributed by atoms with E-state index in [1.54, 1.807) is 0 Å². The van der Waals surface area contributed by atoms with Gasteiger partial charge in [-0.1, -0.05) is 24.3 Å². The molecule has 88 valence electrons. The first-order chi connectivity index (χ1) is 7.68. The van der Waals surface area contributed by atoms with Crippen molar-refractivity contribution >= 4 is 0 Å². The van der Waals surface area contributed by atoms with Crippen LogP contribution in [0.1, 0.15) is 36.9 Å². The van der Waals surface area contributed by atoms with Crippen LogP contribution in [0.3, 0.4) is 0 Å². The van der Waals surface area contributed by atoms with Crippen LogP contribution in [0.5, 0.6) is 0 Å². The standard InChI is InChI=1S/C14H22N2/c1-11-6-3-4-8-13(11)14(15)10-16-9-5-7-12(16)2/h3-4,6,8,12,14H,5,7,9-10,15H2,1-2H3. The predicted octanol–water partition coefficient (Wildman–Crippen LogP) is 2.48. The van der Waals surface area contributed by atoms with Gasteiger partial charge in [0.1, 0.15) is 0 Å². The van der Waals surface area contributed by atoms with Crippen LogP contribution < -0.4 is 5.73 Å². The molecule has 2 nitrogen and oxygen atoms in total. The molecule has 0 saturated carbocycles. The van der Waals surface area contributed by atoms with Crippen LogP contribution in [0.2, 0.25) is 0 Å². The lowest BCUT2D eigenvalue weighted by atomic mass is 10.0. The fourth-order valence-electron chi connectivity index (χ4n) is 2.62. The van der Waals surface area contributed by atoms with Crippen molar-refractivity contribution in [2.45, 2.75) is 38.8 Å². The molecule has 1 aliphatic heterocycles. The predicted molar refractivity (Wildman–Crippen MR) is 68.4 cm³/mol. The molecular weight excluding hydrogens is 196 g/mol. The Labute approximate surface area is 98.4 Å². The lowest BCUT2D eigenvalue weighted by molar-refractivity contribution is 0.252. The topological polar surface area (TPSA) is 29.3 Å². The first-order valence-electron chi connectivity index (χ1n) is 6.23. The minimum Gasteiger partial charge on any atom is -0.323 e. The number of nitrogens with zero attached hydrogens (tertiary/aromatic N) is 1. The molecule has 2 atom stereocenters. The highest BCUT2D eigenvalue weighted by atomic mass is 15.2. The van der Waals surface area contributed by atoms with Crippen molar-refractivity contribution in [3.8, 4) is 0 Å². The average molecular weight is 218 g/mol. The Bertz CT molecular complexity index is 348. The number of rotatable bonds is 3. The average Bonchev–Trinajstić information content (AvgIpc) is 2.65. The Hall–Kier alpha value is -0.860. The zero-order chi connectivity index (χ0) is 11.5. The smallest absolute Gasteiger partial charge is 0.0427 e. The summed E-state index contributed by atoms with van der Waals surface area (Å²) in [5, 5.41) is 0. The summed E-state index contributed by atoms with van der Waals surface area (Å²) in [5.74, 6) is 0. The summed E-state index contributed by atoms with van der Waals surface area (Å²) < 4.78 is 0. The van der Waals surface area contributed by atoms with Gasteiger partial charge < -0.3 is 5.73 Å². The number of benzene rings is 1. The molecule has 0 spiro atoms. The molecule has 2 rings (SSSR count). The van der Waals surface area contributed by atoms with Gasteiger partial charge in [-0.3, -0.25) is 4.90 Å². The second-order valence-electron chi connectivity index (χ2n) is 4.95. The number of hydrogen-bond acceptors (Lipinski definition) is 2. The monoisotopic (exact) mass is 218 g/mol. The molecule has 1 fully saturated rings. The molecule has 1 aromatic rings. The van der Waals surface area contributed by atoms with E-state index in [1.165, 1.54) is 30.5 Å². The third-order valence-corrected chi connectivity index (χ3v) is 3.71. The number of nitrogens with two attached hydrogens (primary N) is 1. The van der Waals surface area contributed by atoms with Gasteiger partial charge in [0.2, 0.25) is 0 Å². The van der Waals surface area contributed by atoms with Crippen molar-refractivity contribution in [1.29, 1.82) is 0 Å². The van der Waals surface area contributed by atoms with Gasteiger partial charge in [0.05, 0.1) is 0 Å². The molecule has 0 amide bonds. The highest BCUT2D eigenvalue weighted by Gasteiger charge is 2.22. The number of likely N-dealkylation sites (tertiary alicyclic amines) is 1. The van der Waals surface area contributed by atoms with Gasteiger partial charge in [-0.15, -0.1) is 0 Å². The Kier molecular flexibility index (Phi) is 3.62. The van der Waals surface area contributed by atoms with Crippen molar-refractivity contribution < 1.29 is 0 Å². The van der Waals surface area contributed by atoms with E-state index in [-0.39, 0.29) is 6.04 Å². The number of hydrogen-bond donors (Lipinski definition) is 1. The van der Waals surface area contributed by atoms with E-state index in [0.29, 0.717) is 6.04 Å². The highest BCUT2D eigenvalue weighted by molar-refractivity contribution is 5.28. The van der Waals surface area contributed by atoms with E-state index in [4.69, 9.17) is 5.73 Å². The second-order valence-corrected chi connectivity index (χ2v) is 4.95. The molecule has 0 aromatic heterocycles. The van der Waals surface area contributed by atoms with Gasteiger partial charge >= 0.3 is 0 Å². The van der Waals surface area contributed by atoms with Crippen LogP contribution >= 0.6 is 0 Å². The van der Waals surface area contributed by atoms with Crippen LogP contribution in [0.15, 0.2) is 24.3 Å². The van der Waals surface area contributed by atoms with E-state index >= 15 is 0 Å². The Balaban J connectivity index is 2.03. The van der Waals surface area contributed by atoms with E-state index in [0.717, 1.165) is 6.54 Å². The van der Waals surface area contributed by atoms with Gasteiger partial charge in [-0.05, 0) is 44.4 Å². The van der Waals surface area contributed by atoms with E-state index in [2.05, 4.69) is 43.0 Å². The van der Waals surface area contributed by atoms with Gasteiger partial charge in [0.15, 0.2) is 0 Å². The van der Waals surface area contributed by atoms with Gasteiger partial charge in [-0.2, -0.15) is 0 Å². The maximum atomic E-state index is 6.30. The molecule has 16 heavy (non-hydrogen) atoms. The molecule has 2 N–H and O–H groups in total. The maximum Gasteiger partial charge on any atom is 0.0427 e. The minimum absolute atomic E-state index is 0.154. The normalized spacial score (nSPS) is 23.6. The fourth-order valence-corrected chi connectivity index (χ4v) is 2.62. The molecule has 1 saturated heterocycles. The first kappa shape index (κ1) is 11.6. The fraction of sp³-hybridized carbons (Fsp3) is 0.571. The summed E-state index contributed by atoms with van der Waals surface area (Å²) in [7, 11) is 0. The quantitative estimate of drug-likeness (QED) is 0.844. The van der Waals surface area contributed by atoms with Gasteiger partial charge in [-0.25, -0.2) is 0 Å². The van der Waals surface area contributed by atoms with Crippen molar-refractivity contribution in [2.24, 2.45) is 5.73 Å². The molecule has 1 aliphatic rings. The summed E-state index contributed by atoms with van der Waals surface area (Å²) in [6, 6.07) is 9.31. The summed E-state index contributed by atoms with van der Waals surface area (Å²) in [5.41, 5.74) is 8.90. The third kappa shape index (κ3) is 2.45. The molecule has 2 unspecified atom stereocenters. The maximum absolute atomic E-state index is 6.30. The van der Waals surface area contributed by atoms with Crippen LogP contribution in [0, 0.1) is 6.92 Å².